The number of aryl methyl sites for hydroxylation is 1. The highest BCUT2D eigenvalue weighted by atomic mass is 16.3. The normalized spacial score (nSPS) is 23.1. The molecule has 3 N–H and O–H groups in total. The van der Waals surface area contributed by atoms with Crippen molar-refractivity contribution in [3.05, 3.63) is 18.2 Å². The molecule has 0 aromatic carbocycles. The molecule has 1 aromatic heterocycles. The molecule has 1 aromatic rings. The lowest BCUT2D eigenvalue weighted by Crippen LogP contribution is -2.43. The van der Waals surface area contributed by atoms with Crippen LogP contribution in [0.4, 0.5) is 4.79 Å². The first-order chi connectivity index (χ1) is 9.19. The zero-order valence-electron chi connectivity index (χ0n) is 11.3. The number of hydrogen-bond acceptors (Lipinski definition) is 3. The van der Waals surface area contributed by atoms with Crippen molar-refractivity contribution in [1.29, 1.82) is 0 Å². The predicted molar refractivity (Wildman–Crippen MR) is 71.4 cm³/mol. The molecule has 6 nitrogen and oxygen atoms in total. The Hall–Kier alpha value is -1.56. The van der Waals surface area contributed by atoms with E-state index in [1.807, 2.05) is 11.6 Å². The molecule has 106 valence electrons. The Kier molecular flexibility index (Phi) is 4.79. The second-order valence-corrected chi connectivity index (χ2v) is 5.22. The Morgan fingerprint density at radius 1 is 1.47 bits per heavy atom. The van der Waals surface area contributed by atoms with Crippen LogP contribution in [0, 0.1) is 5.92 Å². The van der Waals surface area contributed by atoms with Crippen LogP contribution in [0.3, 0.4) is 0 Å². The highest BCUT2D eigenvalue weighted by molar-refractivity contribution is 5.74. The number of carbonyl (C=O) groups excluding carboxylic acids is 1. The summed E-state index contributed by atoms with van der Waals surface area (Å²) in [6.07, 6.45) is 7.33. The molecule has 1 aliphatic carbocycles. The molecular formula is C13H22N4O2. The summed E-state index contributed by atoms with van der Waals surface area (Å²) in [5.41, 5.74) is 0.971. The summed E-state index contributed by atoms with van der Waals surface area (Å²) in [5.74, 6) is 0.413. The molecule has 1 saturated carbocycles. The van der Waals surface area contributed by atoms with Gasteiger partial charge in [-0.15, -0.1) is 0 Å². The van der Waals surface area contributed by atoms with Crippen LogP contribution in [-0.2, 0) is 13.6 Å². The van der Waals surface area contributed by atoms with Crippen molar-refractivity contribution < 1.29 is 9.90 Å². The van der Waals surface area contributed by atoms with Crippen LogP contribution >= 0.6 is 0 Å². The van der Waals surface area contributed by atoms with E-state index in [0.29, 0.717) is 12.5 Å². The summed E-state index contributed by atoms with van der Waals surface area (Å²) < 4.78 is 1.88. The van der Waals surface area contributed by atoms with Crippen molar-refractivity contribution in [2.45, 2.75) is 38.3 Å². The maximum Gasteiger partial charge on any atom is 0.315 e. The smallest absolute Gasteiger partial charge is 0.315 e. The van der Waals surface area contributed by atoms with E-state index in [-0.39, 0.29) is 18.7 Å². The minimum absolute atomic E-state index is 0.131. The monoisotopic (exact) mass is 266 g/mol. The lowest BCUT2D eigenvalue weighted by atomic mass is 9.87. The zero-order valence-corrected chi connectivity index (χ0v) is 11.3. The quantitative estimate of drug-likeness (QED) is 0.753. The maximum absolute atomic E-state index is 11.8. The number of amides is 2. The van der Waals surface area contributed by atoms with Crippen LogP contribution in [0.25, 0.3) is 0 Å². The third kappa shape index (κ3) is 3.96. The fraction of sp³-hybridized carbons (Fsp3) is 0.692. The molecule has 19 heavy (non-hydrogen) atoms. The van der Waals surface area contributed by atoms with E-state index in [1.54, 1.807) is 12.5 Å². The van der Waals surface area contributed by atoms with Gasteiger partial charge in [-0.3, -0.25) is 0 Å². The minimum atomic E-state index is -0.131. The average molecular weight is 266 g/mol. The van der Waals surface area contributed by atoms with Gasteiger partial charge in [0, 0.05) is 25.9 Å². The number of imidazole rings is 1. The van der Waals surface area contributed by atoms with Crippen LogP contribution in [0.5, 0.6) is 0 Å². The Bertz CT molecular complexity index is 411. The topological polar surface area (TPSA) is 79.2 Å². The molecule has 1 fully saturated rings. The number of urea groups is 1. The van der Waals surface area contributed by atoms with Crippen molar-refractivity contribution in [2.75, 3.05) is 6.61 Å². The fourth-order valence-electron chi connectivity index (χ4n) is 2.45. The van der Waals surface area contributed by atoms with Crippen molar-refractivity contribution >= 4 is 6.03 Å². The van der Waals surface area contributed by atoms with Gasteiger partial charge in [0.15, 0.2) is 0 Å². The molecule has 2 amide bonds. The molecule has 6 heteroatoms. The Balaban J connectivity index is 1.69. The molecule has 0 radical (unpaired) electrons. The molecule has 0 bridgehead atoms. The molecule has 0 atom stereocenters. The standard InChI is InChI=1S/C13H22N4O2/c1-17-9-14-6-12(17)7-15-13(19)16-11-4-2-10(8-18)3-5-11/h6,9-11,18H,2-5,7-8H2,1H3,(H2,15,16,19). The van der Waals surface area contributed by atoms with Crippen molar-refractivity contribution in [3.63, 3.8) is 0 Å². The number of nitrogens with one attached hydrogen (secondary N) is 2. The van der Waals surface area contributed by atoms with Crippen LogP contribution in [-0.4, -0.2) is 33.3 Å². The third-order valence-electron chi connectivity index (χ3n) is 3.79. The van der Waals surface area contributed by atoms with E-state index >= 15 is 0 Å². The molecule has 2 rings (SSSR count). The molecular weight excluding hydrogens is 244 g/mol. The maximum atomic E-state index is 11.8. The van der Waals surface area contributed by atoms with Gasteiger partial charge in [0.25, 0.3) is 0 Å². The van der Waals surface area contributed by atoms with Gasteiger partial charge in [0.05, 0.1) is 18.6 Å². The summed E-state index contributed by atoms with van der Waals surface area (Å²) in [6.45, 7) is 0.744. The fourth-order valence-corrected chi connectivity index (χ4v) is 2.45. The first-order valence-electron chi connectivity index (χ1n) is 6.79. The zero-order chi connectivity index (χ0) is 13.7. The van der Waals surface area contributed by atoms with Crippen molar-refractivity contribution in [3.8, 4) is 0 Å². The molecule has 0 saturated heterocycles. The summed E-state index contributed by atoms with van der Waals surface area (Å²) in [6, 6.07) is 0.1000. The molecule has 0 aliphatic heterocycles. The van der Waals surface area contributed by atoms with Gasteiger partial charge in [-0.2, -0.15) is 0 Å². The van der Waals surface area contributed by atoms with Gasteiger partial charge in [-0.25, -0.2) is 9.78 Å². The van der Waals surface area contributed by atoms with Crippen LogP contribution in [0.2, 0.25) is 0 Å². The van der Waals surface area contributed by atoms with E-state index in [0.717, 1.165) is 31.4 Å². The Morgan fingerprint density at radius 3 is 2.79 bits per heavy atom. The first-order valence-corrected chi connectivity index (χ1v) is 6.79. The molecule has 0 unspecified atom stereocenters. The van der Waals surface area contributed by atoms with Crippen molar-refractivity contribution in [2.24, 2.45) is 13.0 Å². The van der Waals surface area contributed by atoms with Gasteiger partial charge in [-0.1, -0.05) is 0 Å². The summed E-state index contributed by atoms with van der Waals surface area (Å²) in [4.78, 5) is 15.8. The second kappa shape index (κ2) is 6.56. The van der Waals surface area contributed by atoms with Gasteiger partial charge in [-0.05, 0) is 31.6 Å². The highest BCUT2D eigenvalue weighted by Crippen LogP contribution is 2.23. The second-order valence-electron chi connectivity index (χ2n) is 5.22. The highest BCUT2D eigenvalue weighted by Gasteiger charge is 2.21. The number of hydrogen-bond donors (Lipinski definition) is 3. The Morgan fingerprint density at radius 2 is 2.21 bits per heavy atom. The lowest BCUT2D eigenvalue weighted by Gasteiger charge is -2.27. The van der Waals surface area contributed by atoms with Crippen LogP contribution < -0.4 is 10.6 Å². The molecule has 0 spiro atoms. The third-order valence-corrected chi connectivity index (χ3v) is 3.79. The number of rotatable bonds is 4. The van der Waals surface area contributed by atoms with E-state index in [4.69, 9.17) is 5.11 Å². The van der Waals surface area contributed by atoms with Crippen LogP contribution in [0.15, 0.2) is 12.5 Å². The lowest BCUT2D eigenvalue weighted by molar-refractivity contribution is 0.174. The number of aliphatic hydroxyl groups is 1. The number of nitrogens with zero attached hydrogens (tertiary/aromatic N) is 2. The predicted octanol–water partition coefficient (Wildman–Crippen LogP) is 0.770. The largest absolute Gasteiger partial charge is 0.396 e. The van der Waals surface area contributed by atoms with Crippen molar-refractivity contribution in [1.82, 2.24) is 20.2 Å². The summed E-state index contributed by atoms with van der Waals surface area (Å²) >= 11 is 0. The number of aromatic nitrogens is 2. The van der Waals surface area contributed by atoms with E-state index < -0.39 is 0 Å². The van der Waals surface area contributed by atoms with Crippen LogP contribution in [0.1, 0.15) is 31.4 Å². The van der Waals surface area contributed by atoms with Gasteiger partial charge in [0.1, 0.15) is 0 Å². The SMILES string of the molecule is Cn1cncc1CNC(=O)NC1CCC(CO)CC1. The van der Waals surface area contributed by atoms with Gasteiger partial charge >= 0.3 is 6.03 Å². The number of carbonyl (C=O) groups is 1. The van der Waals surface area contributed by atoms with E-state index in [1.165, 1.54) is 0 Å². The first kappa shape index (κ1) is 13.9. The average Bonchev–Trinajstić information content (AvgIpc) is 2.83. The van der Waals surface area contributed by atoms with Gasteiger partial charge < -0.3 is 20.3 Å². The summed E-state index contributed by atoms with van der Waals surface area (Å²) in [5, 5.41) is 14.9. The molecule has 1 aliphatic rings. The Labute approximate surface area is 113 Å². The minimum Gasteiger partial charge on any atom is -0.396 e. The number of aliphatic hydroxyl groups excluding tert-OH is 1. The van der Waals surface area contributed by atoms with E-state index in [2.05, 4.69) is 15.6 Å². The summed E-state index contributed by atoms with van der Waals surface area (Å²) in [7, 11) is 1.90. The van der Waals surface area contributed by atoms with Gasteiger partial charge in [0.2, 0.25) is 0 Å². The molecule has 1 heterocycles. The van der Waals surface area contributed by atoms with E-state index in [9.17, 15) is 4.79 Å².